The van der Waals surface area contributed by atoms with E-state index in [4.69, 9.17) is 4.74 Å². The molecule has 1 aliphatic heterocycles. The van der Waals surface area contributed by atoms with E-state index in [0.717, 1.165) is 11.8 Å². The number of aliphatic hydroxyl groups is 1. The van der Waals surface area contributed by atoms with Crippen LogP contribution in [0.25, 0.3) is 27.8 Å². The topological polar surface area (TPSA) is 138 Å². The van der Waals surface area contributed by atoms with Crippen molar-refractivity contribution in [2.45, 2.75) is 39.2 Å². The monoisotopic (exact) mass is 451 g/mol. The lowest BCUT2D eigenvalue weighted by Crippen LogP contribution is -2.34. The molecule has 0 amide bonds. The summed E-state index contributed by atoms with van der Waals surface area (Å²) in [6.45, 7) is 6.84. The molecular formula is C24H29N5O4. The lowest BCUT2D eigenvalue weighted by atomic mass is 9.95. The number of imidazole rings is 1. The summed E-state index contributed by atoms with van der Waals surface area (Å²) in [4.78, 5) is 34.8. The van der Waals surface area contributed by atoms with Crippen LogP contribution in [0.2, 0.25) is 0 Å². The van der Waals surface area contributed by atoms with E-state index >= 15 is 0 Å². The first kappa shape index (κ1) is 24.2. The smallest absolute Gasteiger partial charge is 0.206 e. The van der Waals surface area contributed by atoms with Crippen molar-refractivity contribution in [3.05, 3.63) is 45.4 Å². The molecular weight excluding hydrogens is 422 g/mol. The number of hydrogen-bond acceptors (Lipinski definition) is 6. The van der Waals surface area contributed by atoms with Crippen LogP contribution >= 0.6 is 0 Å². The SMILES string of the molecule is CC.CN.Cc1ccc(=O)c2nc3c(C=O)c4[nH]cc(C#CC5(O)CCOCC5)[nH]c4n3c12. The Balaban J connectivity index is 0.000000728. The largest absolute Gasteiger partial charge is 0.381 e. The number of aryl methyl sites for hydroxylation is 1. The number of aromatic amines is 2. The Bertz CT molecular complexity index is 1410. The molecule has 9 heteroatoms. The van der Waals surface area contributed by atoms with Gasteiger partial charge in [-0.25, -0.2) is 4.98 Å². The van der Waals surface area contributed by atoms with Gasteiger partial charge in [0.15, 0.2) is 11.9 Å². The van der Waals surface area contributed by atoms with Crippen LogP contribution in [0, 0.1) is 18.8 Å². The second-order valence-corrected chi connectivity index (χ2v) is 7.33. The molecule has 5 rings (SSSR count). The highest BCUT2D eigenvalue weighted by Crippen LogP contribution is 2.28. The van der Waals surface area contributed by atoms with Gasteiger partial charge in [-0.05, 0) is 31.5 Å². The number of carbonyl (C=O) groups is 1. The summed E-state index contributed by atoms with van der Waals surface area (Å²) in [5, 5.41) is 10.6. The number of benzene rings is 1. The van der Waals surface area contributed by atoms with E-state index in [1.54, 1.807) is 16.7 Å². The molecule has 0 saturated carbocycles. The molecule has 0 spiro atoms. The van der Waals surface area contributed by atoms with Crippen molar-refractivity contribution >= 4 is 34.1 Å². The van der Waals surface area contributed by atoms with Gasteiger partial charge in [-0.1, -0.05) is 25.8 Å². The van der Waals surface area contributed by atoms with Gasteiger partial charge in [-0.15, -0.1) is 0 Å². The third-order valence-electron chi connectivity index (χ3n) is 5.42. The zero-order valence-corrected chi connectivity index (χ0v) is 19.3. The molecule has 0 bridgehead atoms. The van der Waals surface area contributed by atoms with Gasteiger partial charge in [0.2, 0.25) is 5.43 Å². The lowest BCUT2D eigenvalue weighted by molar-refractivity contribution is -0.0262. The van der Waals surface area contributed by atoms with Crippen LogP contribution in [0.15, 0.2) is 23.1 Å². The fourth-order valence-electron chi connectivity index (χ4n) is 3.83. The molecule has 1 saturated heterocycles. The van der Waals surface area contributed by atoms with E-state index in [9.17, 15) is 14.7 Å². The van der Waals surface area contributed by atoms with Crippen LogP contribution in [0.4, 0.5) is 0 Å². The molecule has 9 nitrogen and oxygen atoms in total. The molecule has 0 aliphatic carbocycles. The molecule has 174 valence electrons. The maximum Gasteiger partial charge on any atom is 0.206 e. The Kier molecular flexibility index (Phi) is 7.33. The van der Waals surface area contributed by atoms with Crippen molar-refractivity contribution < 1.29 is 14.6 Å². The van der Waals surface area contributed by atoms with Crippen molar-refractivity contribution in [1.29, 1.82) is 0 Å². The van der Waals surface area contributed by atoms with E-state index < -0.39 is 5.60 Å². The molecule has 4 heterocycles. The minimum Gasteiger partial charge on any atom is -0.381 e. The average molecular weight is 452 g/mol. The number of aromatic nitrogens is 4. The van der Waals surface area contributed by atoms with Crippen molar-refractivity contribution in [2.24, 2.45) is 5.73 Å². The van der Waals surface area contributed by atoms with Crippen LogP contribution in [-0.4, -0.2) is 56.6 Å². The van der Waals surface area contributed by atoms with Crippen LogP contribution in [0.1, 0.15) is 48.3 Å². The van der Waals surface area contributed by atoms with Crippen molar-refractivity contribution in [2.75, 3.05) is 20.3 Å². The van der Waals surface area contributed by atoms with Crippen LogP contribution in [0.5, 0.6) is 0 Å². The number of nitrogens with one attached hydrogen (secondary N) is 2. The van der Waals surface area contributed by atoms with Crippen molar-refractivity contribution in [3.8, 4) is 11.8 Å². The number of aldehydes is 1. The van der Waals surface area contributed by atoms with E-state index in [2.05, 4.69) is 32.5 Å². The number of rotatable bonds is 1. The van der Waals surface area contributed by atoms with Gasteiger partial charge in [-0.2, -0.15) is 0 Å². The summed E-state index contributed by atoms with van der Waals surface area (Å²) in [5.41, 5.74) is 7.57. The Labute approximate surface area is 191 Å². The predicted octanol–water partition coefficient (Wildman–Crippen LogP) is 2.27. The van der Waals surface area contributed by atoms with Gasteiger partial charge in [0.25, 0.3) is 0 Å². The highest BCUT2D eigenvalue weighted by atomic mass is 16.5. The first-order valence-corrected chi connectivity index (χ1v) is 10.9. The normalized spacial score (nSPS) is 14.6. The van der Waals surface area contributed by atoms with E-state index in [0.29, 0.717) is 65.2 Å². The fourth-order valence-corrected chi connectivity index (χ4v) is 3.83. The van der Waals surface area contributed by atoms with Crippen LogP contribution in [0.3, 0.4) is 0 Å². The molecule has 4 aromatic rings. The van der Waals surface area contributed by atoms with Gasteiger partial charge in [0.1, 0.15) is 22.5 Å². The summed E-state index contributed by atoms with van der Waals surface area (Å²) in [5.74, 6) is 5.91. The number of ether oxygens (including phenoxy) is 1. The molecule has 33 heavy (non-hydrogen) atoms. The van der Waals surface area contributed by atoms with Crippen molar-refractivity contribution in [1.82, 2.24) is 19.4 Å². The van der Waals surface area contributed by atoms with Gasteiger partial charge >= 0.3 is 0 Å². The predicted molar refractivity (Wildman–Crippen MR) is 129 cm³/mol. The second kappa shape index (κ2) is 10.0. The first-order valence-electron chi connectivity index (χ1n) is 10.9. The van der Waals surface area contributed by atoms with Gasteiger partial charge in [0, 0.05) is 19.0 Å². The molecule has 1 aromatic carbocycles. The Morgan fingerprint density at radius 2 is 1.97 bits per heavy atom. The molecule has 0 radical (unpaired) electrons. The van der Waals surface area contributed by atoms with Crippen LogP contribution < -0.4 is 11.2 Å². The zero-order valence-electron chi connectivity index (χ0n) is 19.3. The number of carbonyl (C=O) groups excluding carboxylic acids is 1. The number of hydrogen-bond donors (Lipinski definition) is 4. The minimum absolute atomic E-state index is 0.194. The summed E-state index contributed by atoms with van der Waals surface area (Å²) in [6, 6.07) is 3.22. The standard InChI is InChI=1S/C21H18N4O4.C2H6.CH5N/c1-12-2-3-15(27)17-18(12)25-19(24-17)14(11-26)16-20(25)23-13(10-22-16)4-5-21(28)6-8-29-9-7-21;2*1-2/h2-3,10-11,22-23,28H,6-9H2,1H3;1-2H3;2H2,1H3. The van der Waals surface area contributed by atoms with E-state index in [1.807, 2.05) is 20.8 Å². The average Bonchev–Trinajstić information content (AvgIpc) is 3.39. The minimum atomic E-state index is -1.08. The highest BCUT2D eigenvalue weighted by molar-refractivity contribution is 6.05. The highest BCUT2D eigenvalue weighted by Gasteiger charge is 2.27. The summed E-state index contributed by atoms with van der Waals surface area (Å²) in [6.07, 6.45) is 3.29. The van der Waals surface area contributed by atoms with Crippen molar-refractivity contribution in [3.63, 3.8) is 0 Å². The number of nitrogens with zero attached hydrogens (tertiary/aromatic N) is 2. The van der Waals surface area contributed by atoms with Gasteiger partial charge in [-0.3, -0.25) is 14.0 Å². The molecule has 0 unspecified atom stereocenters. The lowest BCUT2D eigenvalue weighted by Gasteiger charge is -2.26. The second-order valence-electron chi connectivity index (χ2n) is 7.33. The molecule has 5 N–H and O–H groups in total. The van der Waals surface area contributed by atoms with Gasteiger partial charge < -0.3 is 25.5 Å². The van der Waals surface area contributed by atoms with Gasteiger partial charge in [0.05, 0.1) is 29.8 Å². The molecule has 1 aliphatic rings. The number of nitrogens with two attached hydrogens (primary N) is 1. The number of H-pyrrole nitrogens is 2. The Hall–Kier alpha value is -3.45. The summed E-state index contributed by atoms with van der Waals surface area (Å²) < 4.78 is 7.05. The molecule has 3 aromatic heterocycles. The number of fused-ring (bicyclic) bond motifs is 5. The van der Waals surface area contributed by atoms with E-state index in [1.165, 1.54) is 13.1 Å². The summed E-state index contributed by atoms with van der Waals surface area (Å²) in [7, 11) is 1.50. The zero-order chi connectivity index (χ0) is 24.2. The first-order chi connectivity index (χ1) is 16.0. The molecule has 0 atom stereocenters. The van der Waals surface area contributed by atoms with E-state index in [-0.39, 0.29) is 5.43 Å². The Morgan fingerprint density at radius 3 is 2.64 bits per heavy atom. The maximum atomic E-state index is 12.3. The molecule has 1 fully saturated rings. The third kappa shape index (κ3) is 4.28. The quantitative estimate of drug-likeness (QED) is 0.259. The maximum absolute atomic E-state index is 12.3. The fraction of sp³-hybridized carbons (Fsp3) is 0.375. The summed E-state index contributed by atoms with van der Waals surface area (Å²) >= 11 is 0. The third-order valence-corrected chi connectivity index (χ3v) is 5.42. The Morgan fingerprint density at radius 1 is 1.27 bits per heavy atom. The van der Waals surface area contributed by atoms with Crippen LogP contribution in [-0.2, 0) is 4.74 Å².